The van der Waals surface area contributed by atoms with Crippen LogP contribution >= 0.6 is 0 Å². The van der Waals surface area contributed by atoms with Gasteiger partial charge in [-0.15, -0.1) is 0 Å². The number of benzene rings is 1. The molecule has 0 fully saturated rings. The summed E-state index contributed by atoms with van der Waals surface area (Å²) in [5.41, 5.74) is 1.05. The fraction of sp³-hybridized carbons (Fsp3) is 0.294. The van der Waals surface area contributed by atoms with Gasteiger partial charge in [-0.2, -0.15) is 0 Å². The van der Waals surface area contributed by atoms with E-state index in [1.54, 1.807) is 20.4 Å². The first kappa shape index (κ1) is 16.6. The molecular formula is C17H22N4O2. The van der Waals surface area contributed by atoms with Crippen LogP contribution in [0.3, 0.4) is 0 Å². The molecule has 0 aliphatic carbocycles. The van der Waals surface area contributed by atoms with Crippen molar-refractivity contribution < 1.29 is 9.47 Å². The van der Waals surface area contributed by atoms with E-state index in [1.807, 2.05) is 42.5 Å². The Morgan fingerprint density at radius 1 is 1.13 bits per heavy atom. The van der Waals surface area contributed by atoms with Gasteiger partial charge in [-0.05, 0) is 17.7 Å². The van der Waals surface area contributed by atoms with E-state index in [4.69, 9.17) is 9.47 Å². The summed E-state index contributed by atoms with van der Waals surface area (Å²) in [7, 11) is 3.34. The molecule has 6 heteroatoms. The Balaban J connectivity index is 1.68. The summed E-state index contributed by atoms with van der Waals surface area (Å²) >= 11 is 0. The third-order valence-electron chi connectivity index (χ3n) is 3.10. The number of para-hydroxylation sites is 1. The van der Waals surface area contributed by atoms with Gasteiger partial charge in [0.25, 0.3) is 0 Å². The Morgan fingerprint density at radius 3 is 2.61 bits per heavy atom. The van der Waals surface area contributed by atoms with Crippen molar-refractivity contribution in [3.8, 4) is 11.6 Å². The Bertz CT molecular complexity index is 600. The summed E-state index contributed by atoms with van der Waals surface area (Å²) < 4.78 is 10.7. The van der Waals surface area contributed by atoms with Gasteiger partial charge in [-0.3, -0.25) is 4.99 Å². The fourth-order valence-electron chi connectivity index (χ4n) is 1.90. The zero-order valence-corrected chi connectivity index (χ0v) is 13.5. The molecule has 0 spiro atoms. The van der Waals surface area contributed by atoms with Gasteiger partial charge in [0, 0.05) is 25.9 Å². The number of pyridine rings is 1. The lowest BCUT2D eigenvalue weighted by atomic mass is 10.3. The number of hydrogen-bond acceptors (Lipinski definition) is 4. The molecule has 0 radical (unpaired) electrons. The number of guanidine groups is 1. The minimum atomic E-state index is 0.564. The van der Waals surface area contributed by atoms with Crippen molar-refractivity contribution in [1.82, 2.24) is 15.6 Å². The highest BCUT2D eigenvalue weighted by Crippen LogP contribution is 2.07. The Kier molecular flexibility index (Phi) is 6.71. The quantitative estimate of drug-likeness (QED) is 0.464. The molecule has 2 N–H and O–H groups in total. The number of nitrogens with zero attached hydrogens (tertiary/aromatic N) is 2. The van der Waals surface area contributed by atoms with Crippen LogP contribution in [0.1, 0.15) is 5.56 Å². The average Bonchev–Trinajstić information content (AvgIpc) is 2.62. The van der Waals surface area contributed by atoms with E-state index in [9.17, 15) is 0 Å². The predicted molar refractivity (Wildman–Crippen MR) is 90.9 cm³/mol. The Morgan fingerprint density at radius 2 is 1.96 bits per heavy atom. The number of aliphatic imine (C=N–C) groups is 1. The van der Waals surface area contributed by atoms with Crippen molar-refractivity contribution in [3.05, 3.63) is 54.2 Å². The van der Waals surface area contributed by atoms with Crippen molar-refractivity contribution >= 4 is 5.96 Å². The van der Waals surface area contributed by atoms with E-state index in [1.165, 1.54) is 0 Å². The molecule has 0 atom stereocenters. The highest BCUT2D eigenvalue weighted by atomic mass is 16.5. The van der Waals surface area contributed by atoms with Crippen LogP contribution in [0.5, 0.6) is 11.6 Å². The summed E-state index contributed by atoms with van der Waals surface area (Å²) in [6.45, 7) is 1.86. The summed E-state index contributed by atoms with van der Waals surface area (Å²) in [5.74, 6) is 2.19. The molecule has 0 aliphatic heterocycles. The highest BCUT2D eigenvalue weighted by Gasteiger charge is 2.00. The minimum absolute atomic E-state index is 0.564. The van der Waals surface area contributed by atoms with Crippen LogP contribution in [-0.2, 0) is 6.54 Å². The number of nitrogens with one attached hydrogen (secondary N) is 2. The topological polar surface area (TPSA) is 67.8 Å². The summed E-state index contributed by atoms with van der Waals surface area (Å²) in [4.78, 5) is 8.34. The zero-order chi connectivity index (χ0) is 16.3. The second-order valence-electron chi connectivity index (χ2n) is 4.72. The summed E-state index contributed by atoms with van der Waals surface area (Å²) in [6, 6.07) is 13.5. The van der Waals surface area contributed by atoms with Crippen molar-refractivity contribution in [2.24, 2.45) is 4.99 Å². The van der Waals surface area contributed by atoms with E-state index in [0.717, 1.165) is 17.3 Å². The maximum absolute atomic E-state index is 5.62. The van der Waals surface area contributed by atoms with Crippen LogP contribution in [0, 0.1) is 0 Å². The molecule has 0 saturated carbocycles. The fourth-order valence-corrected chi connectivity index (χ4v) is 1.90. The van der Waals surface area contributed by atoms with Crippen molar-refractivity contribution in [2.45, 2.75) is 6.54 Å². The average molecular weight is 314 g/mol. The minimum Gasteiger partial charge on any atom is -0.492 e. The molecule has 1 aromatic heterocycles. The van der Waals surface area contributed by atoms with Crippen LogP contribution < -0.4 is 20.1 Å². The molecular weight excluding hydrogens is 292 g/mol. The second-order valence-corrected chi connectivity index (χ2v) is 4.72. The van der Waals surface area contributed by atoms with Gasteiger partial charge in [0.15, 0.2) is 5.96 Å². The maximum Gasteiger partial charge on any atom is 0.212 e. The molecule has 1 heterocycles. The van der Waals surface area contributed by atoms with Crippen molar-refractivity contribution in [3.63, 3.8) is 0 Å². The standard InChI is InChI=1S/C17H22N4O2/c1-18-17(19-10-11-23-15-6-4-3-5-7-15)21-13-14-8-9-16(22-2)20-12-14/h3-9,12H,10-11,13H2,1-2H3,(H2,18,19,21). The first-order valence-electron chi connectivity index (χ1n) is 7.43. The van der Waals surface area contributed by atoms with Crippen LogP contribution in [0.15, 0.2) is 53.7 Å². The SMILES string of the molecule is CN=C(NCCOc1ccccc1)NCc1ccc(OC)nc1. The third-order valence-corrected chi connectivity index (χ3v) is 3.10. The van der Waals surface area contributed by atoms with Gasteiger partial charge in [0.1, 0.15) is 12.4 Å². The molecule has 0 amide bonds. The zero-order valence-electron chi connectivity index (χ0n) is 13.5. The molecule has 2 aromatic rings. The normalized spacial score (nSPS) is 11.0. The van der Waals surface area contributed by atoms with E-state index in [2.05, 4.69) is 20.6 Å². The van der Waals surface area contributed by atoms with Crippen LogP contribution in [-0.4, -0.2) is 38.3 Å². The number of hydrogen-bond donors (Lipinski definition) is 2. The molecule has 0 saturated heterocycles. The van der Waals surface area contributed by atoms with Gasteiger partial charge >= 0.3 is 0 Å². The Hall–Kier alpha value is -2.76. The van der Waals surface area contributed by atoms with Crippen molar-refractivity contribution in [1.29, 1.82) is 0 Å². The van der Waals surface area contributed by atoms with E-state index in [-0.39, 0.29) is 0 Å². The number of aromatic nitrogens is 1. The first-order chi connectivity index (χ1) is 11.3. The second kappa shape index (κ2) is 9.30. The summed E-state index contributed by atoms with van der Waals surface area (Å²) in [6.07, 6.45) is 1.78. The summed E-state index contributed by atoms with van der Waals surface area (Å²) in [5, 5.41) is 6.43. The molecule has 0 unspecified atom stereocenters. The van der Waals surface area contributed by atoms with Gasteiger partial charge < -0.3 is 20.1 Å². The van der Waals surface area contributed by atoms with E-state index < -0.39 is 0 Å². The molecule has 0 bridgehead atoms. The van der Waals surface area contributed by atoms with Gasteiger partial charge in [0.05, 0.1) is 13.7 Å². The molecule has 6 nitrogen and oxygen atoms in total. The molecule has 122 valence electrons. The largest absolute Gasteiger partial charge is 0.492 e. The van der Waals surface area contributed by atoms with E-state index >= 15 is 0 Å². The highest BCUT2D eigenvalue weighted by molar-refractivity contribution is 5.79. The van der Waals surface area contributed by atoms with Gasteiger partial charge in [0.2, 0.25) is 5.88 Å². The third kappa shape index (κ3) is 5.86. The van der Waals surface area contributed by atoms with Crippen LogP contribution in [0.25, 0.3) is 0 Å². The lowest BCUT2D eigenvalue weighted by Crippen LogP contribution is -2.38. The number of rotatable bonds is 7. The molecule has 23 heavy (non-hydrogen) atoms. The maximum atomic E-state index is 5.62. The molecule has 0 aliphatic rings. The van der Waals surface area contributed by atoms with E-state index in [0.29, 0.717) is 25.6 Å². The number of ether oxygens (including phenoxy) is 2. The number of methoxy groups -OCH3 is 1. The lowest BCUT2D eigenvalue weighted by molar-refractivity contribution is 0.322. The van der Waals surface area contributed by atoms with Crippen LogP contribution in [0.2, 0.25) is 0 Å². The first-order valence-corrected chi connectivity index (χ1v) is 7.43. The lowest BCUT2D eigenvalue weighted by Gasteiger charge is -2.12. The van der Waals surface area contributed by atoms with Gasteiger partial charge in [-0.25, -0.2) is 4.98 Å². The molecule has 2 rings (SSSR count). The van der Waals surface area contributed by atoms with Gasteiger partial charge in [-0.1, -0.05) is 24.3 Å². The monoisotopic (exact) mass is 314 g/mol. The van der Waals surface area contributed by atoms with Crippen LogP contribution in [0.4, 0.5) is 0 Å². The predicted octanol–water partition coefficient (Wildman–Crippen LogP) is 1.83. The Labute approximate surface area is 136 Å². The van der Waals surface area contributed by atoms with Crippen molar-refractivity contribution in [2.75, 3.05) is 27.3 Å². The molecule has 1 aromatic carbocycles. The smallest absolute Gasteiger partial charge is 0.212 e.